The van der Waals surface area contributed by atoms with Crippen LogP contribution in [0.3, 0.4) is 0 Å². The molecule has 2 aromatic heterocycles. The zero-order valence-electron chi connectivity index (χ0n) is 14.3. The molecule has 2 aliphatic rings. The van der Waals surface area contributed by atoms with Gasteiger partial charge in [0.05, 0.1) is 25.1 Å². The Morgan fingerprint density at radius 1 is 1.32 bits per heavy atom. The molecular formula is C16H21N5O4. The first kappa shape index (κ1) is 16.1. The third-order valence-corrected chi connectivity index (χ3v) is 5.30. The summed E-state index contributed by atoms with van der Waals surface area (Å²) in [6, 6.07) is 0.0567. The van der Waals surface area contributed by atoms with Crippen molar-refractivity contribution in [1.82, 2.24) is 23.6 Å². The summed E-state index contributed by atoms with van der Waals surface area (Å²) in [6.07, 6.45) is 4.46. The van der Waals surface area contributed by atoms with Crippen LogP contribution in [0.4, 0.5) is 0 Å². The summed E-state index contributed by atoms with van der Waals surface area (Å²) in [4.78, 5) is 44.0. The van der Waals surface area contributed by atoms with Gasteiger partial charge < -0.3 is 14.2 Å². The Labute approximate surface area is 143 Å². The number of amides is 1. The molecule has 2 fully saturated rings. The number of aromatic nitrogens is 4. The fourth-order valence-corrected chi connectivity index (χ4v) is 4.00. The van der Waals surface area contributed by atoms with E-state index in [2.05, 4.69) is 4.98 Å². The van der Waals surface area contributed by atoms with Gasteiger partial charge in [0, 0.05) is 20.6 Å². The number of nitrogens with zero attached hydrogens (tertiary/aromatic N) is 5. The molecule has 25 heavy (non-hydrogen) atoms. The maximum Gasteiger partial charge on any atom is 0.332 e. The maximum atomic E-state index is 12.8. The van der Waals surface area contributed by atoms with Crippen LogP contribution >= 0.6 is 0 Å². The van der Waals surface area contributed by atoms with E-state index in [0.29, 0.717) is 24.3 Å². The van der Waals surface area contributed by atoms with Crippen molar-refractivity contribution in [2.24, 2.45) is 14.1 Å². The Kier molecular flexibility index (Phi) is 3.75. The number of hydrogen-bond acceptors (Lipinski definition) is 5. The highest BCUT2D eigenvalue weighted by Gasteiger charge is 2.38. The van der Waals surface area contributed by atoms with Gasteiger partial charge in [0.1, 0.15) is 6.54 Å². The number of carbonyl (C=O) groups excluding carboxylic acids is 1. The Morgan fingerprint density at radius 3 is 2.92 bits per heavy atom. The fourth-order valence-electron chi connectivity index (χ4n) is 4.00. The van der Waals surface area contributed by atoms with Crippen molar-refractivity contribution in [2.45, 2.75) is 38.0 Å². The molecular weight excluding hydrogens is 326 g/mol. The van der Waals surface area contributed by atoms with Crippen molar-refractivity contribution >= 4 is 17.1 Å². The van der Waals surface area contributed by atoms with Crippen molar-refractivity contribution in [3.05, 3.63) is 27.2 Å². The third kappa shape index (κ3) is 2.41. The molecule has 0 N–H and O–H groups in total. The molecule has 2 aromatic rings. The van der Waals surface area contributed by atoms with E-state index in [1.54, 1.807) is 23.6 Å². The summed E-state index contributed by atoms with van der Waals surface area (Å²) in [6.45, 7) is 0.749. The summed E-state index contributed by atoms with van der Waals surface area (Å²) < 4.78 is 9.60. The van der Waals surface area contributed by atoms with Gasteiger partial charge in [0.15, 0.2) is 11.2 Å². The lowest BCUT2D eigenvalue weighted by Gasteiger charge is -2.37. The van der Waals surface area contributed by atoms with Crippen LogP contribution in [0.2, 0.25) is 0 Å². The first-order chi connectivity index (χ1) is 12.0. The largest absolute Gasteiger partial charge is 0.374 e. The first-order valence-electron chi connectivity index (χ1n) is 8.51. The zero-order valence-corrected chi connectivity index (χ0v) is 14.3. The molecule has 1 aliphatic carbocycles. The number of hydrogen-bond donors (Lipinski definition) is 0. The maximum absolute atomic E-state index is 12.8. The average Bonchev–Trinajstić information content (AvgIpc) is 3.22. The van der Waals surface area contributed by atoms with Crippen LogP contribution in [0.15, 0.2) is 15.9 Å². The number of imidazole rings is 1. The van der Waals surface area contributed by atoms with E-state index in [1.807, 2.05) is 0 Å². The number of fused-ring (bicyclic) bond motifs is 2. The molecule has 1 saturated heterocycles. The van der Waals surface area contributed by atoms with Gasteiger partial charge in [-0.15, -0.1) is 0 Å². The van der Waals surface area contributed by atoms with E-state index in [1.165, 1.54) is 10.9 Å². The molecule has 1 amide bonds. The van der Waals surface area contributed by atoms with Crippen molar-refractivity contribution in [1.29, 1.82) is 0 Å². The van der Waals surface area contributed by atoms with Crippen LogP contribution in [0.25, 0.3) is 11.2 Å². The summed E-state index contributed by atoms with van der Waals surface area (Å²) >= 11 is 0. The van der Waals surface area contributed by atoms with Gasteiger partial charge in [0.2, 0.25) is 5.91 Å². The Bertz CT molecular complexity index is 956. The van der Waals surface area contributed by atoms with Crippen LogP contribution < -0.4 is 11.2 Å². The monoisotopic (exact) mass is 347 g/mol. The summed E-state index contributed by atoms with van der Waals surface area (Å²) in [5.41, 5.74) is -0.373. The Balaban J connectivity index is 1.71. The lowest BCUT2D eigenvalue weighted by atomic mass is 10.1. The van der Waals surface area contributed by atoms with Crippen molar-refractivity contribution in [3.8, 4) is 0 Å². The second-order valence-electron chi connectivity index (χ2n) is 6.76. The highest BCUT2D eigenvalue weighted by atomic mass is 16.5. The van der Waals surface area contributed by atoms with Crippen molar-refractivity contribution in [3.63, 3.8) is 0 Å². The molecule has 4 rings (SSSR count). The average molecular weight is 347 g/mol. The van der Waals surface area contributed by atoms with E-state index in [0.717, 1.165) is 23.8 Å². The fraction of sp³-hybridized carbons (Fsp3) is 0.625. The van der Waals surface area contributed by atoms with Crippen LogP contribution in [0.5, 0.6) is 0 Å². The zero-order chi connectivity index (χ0) is 17.7. The smallest absolute Gasteiger partial charge is 0.332 e. The number of rotatable bonds is 2. The standard InChI is InChI=1S/C16H21N5O4/c1-18-9-17-14-13(18)15(23)21(16(24)19(14)2)8-12(22)20-6-7-25-11-5-3-4-10(11)20/h9-11H,3-8H2,1-2H3/t10-,11-/m0/s1. The molecule has 9 heteroatoms. The van der Waals surface area contributed by atoms with Gasteiger partial charge >= 0.3 is 5.69 Å². The molecule has 1 saturated carbocycles. The van der Waals surface area contributed by atoms with Gasteiger partial charge in [0.25, 0.3) is 5.56 Å². The minimum atomic E-state index is -0.527. The van der Waals surface area contributed by atoms with Crippen LogP contribution in [0, 0.1) is 0 Å². The molecule has 0 spiro atoms. The predicted molar refractivity (Wildman–Crippen MR) is 89.3 cm³/mol. The van der Waals surface area contributed by atoms with Crippen LogP contribution in [-0.2, 0) is 30.2 Å². The minimum Gasteiger partial charge on any atom is -0.374 e. The second kappa shape index (κ2) is 5.83. The summed E-state index contributed by atoms with van der Waals surface area (Å²) in [5, 5.41) is 0. The first-order valence-corrected chi connectivity index (χ1v) is 8.51. The van der Waals surface area contributed by atoms with E-state index in [4.69, 9.17) is 4.74 Å². The van der Waals surface area contributed by atoms with Crippen molar-refractivity contribution < 1.29 is 9.53 Å². The molecule has 0 bridgehead atoms. The molecule has 0 aromatic carbocycles. The van der Waals surface area contributed by atoms with Crippen LogP contribution in [0.1, 0.15) is 19.3 Å². The number of morpholine rings is 1. The summed E-state index contributed by atoms with van der Waals surface area (Å²) in [5.74, 6) is -0.207. The van der Waals surface area contributed by atoms with E-state index >= 15 is 0 Å². The number of carbonyl (C=O) groups is 1. The molecule has 0 unspecified atom stereocenters. The van der Waals surface area contributed by atoms with Crippen molar-refractivity contribution in [2.75, 3.05) is 13.2 Å². The number of ether oxygens (including phenoxy) is 1. The Morgan fingerprint density at radius 2 is 2.12 bits per heavy atom. The van der Waals surface area contributed by atoms with Crippen LogP contribution in [-0.4, -0.2) is 54.8 Å². The van der Waals surface area contributed by atoms with Gasteiger partial charge in [-0.3, -0.25) is 14.2 Å². The summed E-state index contributed by atoms with van der Waals surface area (Å²) in [7, 11) is 3.25. The SMILES string of the molecule is Cn1cnc2c1c(=O)n(CC(=O)N1CCO[C@H]3CCC[C@@H]31)c(=O)n2C. The number of aryl methyl sites for hydroxylation is 2. The topological polar surface area (TPSA) is 91.4 Å². The highest BCUT2D eigenvalue weighted by Crippen LogP contribution is 2.29. The van der Waals surface area contributed by atoms with E-state index in [-0.39, 0.29) is 24.6 Å². The third-order valence-electron chi connectivity index (χ3n) is 5.30. The predicted octanol–water partition coefficient (Wildman–Crippen LogP) is -0.786. The van der Waals surface area contributed by atoms with Gasteiger partial charge in [-0.1, -0.05) is 0 Å². The molecule has 3 heterocycles. The minimum absolute atomic E-state index is 0.0567. The molecule has 0 radical (unpaired) electrons. The van der Waals surface area contributed by atoms with E-state index in [9.17, 15) is 14.4 Å². The lowest BCUT2D eigenvalue weighted by molar-refractivity contribution is -0.144. The normalized spacial score (nSPS) is 23.2. The van der Waals surface area contributed by atoms with E-state index < -0.39 is 11.2 Å². The van der Waals surface area contributed by atoms with Gasteiger partial charge in [-0.2, -0.15) is 0 Å². The highest BCUT2D eigenvalue weighted by molar-refractivity contribution is 5.77. The second-order valence-corrected chi connectivity index (χ2v) is 6.76. The molecule has 9 nitrogen and oxygen atoms in total. The Hall–Kier alpha value is -2.42. The quantitative estimate of drug-likeness (QED) is 0.710. The van der Waals surface area contributed by atoms with Gasteiger partial charge in [-0.05, 0) is 19.3 Å². The van der Waals surface area contributed by atoms with Gasteiger partial charge in [-0.25, -0.2) is 14.3 Å². The lowest BCUT2D eigenvalue weighted by Crippen LogP contribution is -2.53. The molecule has 1 aliphatic heterocycles. The molecule has 134 valence electrons. The molecule has 2 atom stereocenters.